The molecule has 2 N–H and O–H groups in total. The van der Waals surface area contributed by atoms with Gasteiger partial charge in [-0.2, -0.15) is 0 Å². The molecule has 1 heterocycles. The zero-order valence-corrected chi connectivity index (χ0v) is 10.3. The van der Waals surface area contributed by atoms with E-state index in [1.54, 1.807) is 4.68 Å². The fourth-order valence-corrected chi connectivity index (χ4v) is 1.90. The van der Waals surface area contributed by atoms with E-state index in [1.807, 2.05) is 6.20 Å². The summed E-state index contributed by atoms with van der Waals surface area (Å²) in [5, 5.41) is 20.2. The number of aryl methyl sites for hydroxylation is 1. The van der Waals surface area contributed by atoms with Crippen molar-refractivity contribution in [3.05, 3.63) is 11.9 Å². The van der Waals surface area contributed by atoms with Crippen LogP contribution in [0.5, 0.6) is 0 Å². The number of nitrogens with one attached hydrogen (secondary N) is 1. The van der Waals surface area contributed by atoms with E-state index in [0.717, 1.165) is 37.7 Å². The van der Waals surface area contributed by atoms with E-state index in [-0.39, 0.29) is 6.61 Å². The minimum Gasteiger partial charge on any atom is -0.396 e. The maximum atomic E-state index is 8.71. The monoisotopic (exact) mass is 238 g/mol. The highest BCUT2D eigenvalue weighted by atomic mass is 16.3. The number of aliphatic hydroxyl groups is 1. The van der Waals surface area contributed by atoms with Crippen molar-refractivity contribution in [1.82, 2.24) is 20.3 Å². The van der Waals surface area contributed by atoms with Gasteiger partial charge in [0, 0.05) is 25.9 Å². The highest BCUT2D eigenvalue weighted by Crippen LogP contribution is 2.33. The molecule has 1 aromatic rings. The van der Waals surface area contributed by atoms with E-state index in [2.05, 4.69) is 15.6 Å². The molecule has 5 heteroatoms. The van der Waals surface area contributed by atoms with E-state index >= 15 is 0 Å². The van der Waals surface area contributed by atoms with Gasteiger partial charge in [-0.1, -0.05) is 18.1 Å². The molecule has 0 spiro atoms. The van der Waals surface area contributed by atoms with Gasteiger partial charge in [-0.15, -0.1) is 5.10 Å². The van der Waals surface area contributed by atoms with Crippen LogP contribution in [0.4, 0.5) is 0 Å². The van der Waals surface area contributed by atoms with Gasteiger partial charge in [0.15, 0.2) is 0 Å². The molecule has 0 atom stereocenters. The highest BCUT2D eigenvalue weighted by molar-refractivity contribution is 4.91. The Balaban J connectivity index is 1.55. The first-order chi connectivity index (χ1) is 8.38. The van der Waals surface area contributed by atoms with Crippen molar-refractivity contribution in [1.29, 1.82) is 0 Å². The third-order valence-corrected chi connectivity index (χ3v) is 3.10. The number of rotatable bonds is 9. The first kappa shape index (κ1) is 12.5. The lowest BCUT2D eigenvalue weighted by molar-refractivity contribution is 0.276. The van der Waals surface area contributed by atoms with Gasteiger partial charge in [0.1, 0.15) is 0 Å². The first-order valence-electron chi connectivity index (χ1n) is 6.59. The Hall–Kier alpha value is -0.940. The normalized spacial score (nSPS) is 15.4. The Morgan fingerprint density at radius 1 is 1.41 bits per heavy atom. The lowest BCUT2D eigenvalue weighted by Gasteiger charge is -2.01. The van der Waals surface area contributed by atoms with Crippen LogP contribution in [0.25, 0.3) is 0 Å². The lowest BCUT2D eigenvalue weighted by atomic mass is 10.2. The fraction of sp³-hybridized carbons (Fsp3) is 0.833. The molecule has 1 aliphatic carbocycles. The van der Waals surface area contributed by atoms with Crippen molar-refractivity contribution in [2.75, 3.05) is 13.2 Å². The summed E-state index contributed by atoms with van der Waals surface area (Å²) in [6.07, 6.45) is 8.21. The van der Waals surface area contributed by atoms with E-state index < -0.39 is 0 Å². The third kappa shape index (κ3) is 4.83. The molecule has 1 aliphatic rings. The van der Waals surface area contributed by atoms with Crippen LogP contribution in [0.15, 0.2) is 6.20 Å². The number of nitrogens with zero attached hydrogens (tertiary/aromatic N) is 3. The van der Waals surface area contributed by atoms with Crippen LogP contribution < -0.4 is 5.32 Å². The molecule has 0 amide bonds. The topological polar surface area (TPSA) is 63.0 Å². The molecule has 0 aromatic carbocycles. The highest BCUT2D eigenvalue weighted by Gasteiger charge is 2.19. The van der Waals surface area contributed by atoms with Crippen LogP contribution in [-0.4, -0.2) is 33.3 Å². The van der Waals surface area contributed by atoms with Crippen LogP contribution in [0, 0.1) is 5.92 Å². The summed E-state index contributed by atoms with van der Waals surface area (Å²) in [4.78, 5) is 0. The van der Waals surface area contributed by atoms with Crippen molar-refractivity contribution in [3.8, 4) is 0 Å². The minimum absolute atomic E-state index is 0.203. The quantitative estimate of drug-likeness (QED) is 0.629. The smallest absolute Gasteiger partial charge is 0.0964 e. The van der Waals surface area contributed by atoms with Crippen molar-refractivity contribution < 1.29 is 5.11 Å². The third-order valence-electron chi connectivity index (χ3n) is 3.10. The molecule has 0 radical (unpaired) electrons. The largest absolute Gasteiger partial charge is 0.396 e. The molecule has 96 valence electrons. The SMILES string of the molecule is OCCCn1cc(CNCCCC2CC2)nn1. The van der Waals surface area contributed by atoms with Gasteiger partial charge < -0.3 is 10.4 Å². The number of aliphatic hydroxyl groups excluding tert-OH is 1. The van der Waals surface area contributed by atoms with Crippen LogP contribution in [0.3, 0.4) is 0 Å². The Kier molecular flexibility index (Phi) is 4.94. The van der Waals surface area contributed by atoms with Crippen LogP contribution in [0.1, 0.15) is 37.8 Å². The average Bonchev–Trinajstić information content (AvgIpc) is 3.05. The van der Waals surface area contributed by atoms with Gasteiger partial charge in [0.05, 0.1) is 5.69 Å². The Morgan fingerprint density at radius 2 is 2.29 bits per heavy atom. The number of aromatic nitrogens is 3. The zero-order valence-electron chi connectivity index (χ0n) is 10.3. The molecule has 2 rings (SSSR count). The molecule has 5 nitrogen and oxygen atoms in total. The van der Waals surface area contributed by atoms with Crippen LogP contribution in [-0.2, 0) is 13.1 Å². The van der Waals surface area contributed by atoms with Gasteiger partial charge >= 0.3 is 0 Å². The van der Waals surface area contributed by atoms with Gasteiger partial charge in [0.2, 0.25) is 0 Å². The minimum atomic E-state index is 0.203. The Bertz CT molecular complexity index is 322. The maximum absolute atomic E-state index is 8.71. The Morgan fingerprint density at radius 3 is 3.06 bits per heavy atom. The summed E-state index contributed by atoms with van der Waals surface area (Å²) < 4.78 is 1.79. The zero-order chi connectivity index (χ0) is 11.9. The van der Waals surface area contributed by atoms with Crippen LogP contribution >= 0.6 is 0 Å². The standard InChI is InChI=1S/C12H22N4O/c17-8-2-7-16-10-12(14-15-16)9-13-6-1-3-11-4-5-11/h10-11,13,17H,1-9H2. The Labute approximate surface area is 102 Å². The molecular weight excluding hydrogens is 216 g/mol. The van der Waals surface area contributed by atoms with Gasteiger partial charge in [-0.25, -0.2) is 0 Å². The van der Waals surface area contributed by atoms with E-state index in [0.29, 0.717) is 0 Å². The predicted molar refractivity (Wildman–Crippen MR) is 65.4 cm³/mol. The molecular formula is C12H22N4O. The van der Waals surface area contributed by atoms with Crippen molar-refractivity contribution >= 4 is 0 Å². The van der Waals surface area contributed by atoms with Gasteiger partial charge in [-0.3, -0.25) is 4.68 Å². The van der Waals surface area contributed by atoms with Crippen molar-refractivity contribution in [2.45, 2.75) is 45.2 Å². The number of hydrogen-bond donors (Lipinski definition) is 2. The second kappa shape index (κ2) is 6.71. The maximum Gasteiger partial charge on any atom is 0.0964 e. The second-order valence-corrected chi connectivity index (χ2v) is 4.81. The second-order valence-electron chi connectivity index (χ2n) is 4.81. The van der Waals surface area contributed by atoms with Crippen molar-refractivity contribution in [3.63, 3.8) is 0 Å². The summed E-state index contributed by atoms with van der Waals surface area (Å²) in [5.74, 6) is 1.02. The predicted octanol–water partition coefficient (Wildman–Crippen LogP) is 0.940. The summed E-state index contributed by atoms with van der Waals surface area (Å²) in [7, 11) is 0. The summed E-state index contributed by atoms with van der Waals surface area (Å²) in [6, 6.07) is 0. The number of hydrogen-bond acceptors (Lipinski definition) is 4. The van der Waals surface area contributed by atoms with Gasteiger partial charge in [0.25, 0.3) is 0 Å². The summed E-state index contributed by atoms with van der Waals surface area (Å²) in [6.45, 7) is 2.81. The molecule has 0 saturated heterocycles. The first-order valence-corrected chi connectivity index (χ1v) is 6.59. The van der Waals surface area contributed by atoms with E-state index in [1.165, 1.54) is 25.7 Å². The van der Waals surface area contributed by atoms with Crippen molar-refractivity contribution in [2.24, 2.45) is 5.92 Å². The molecule has 1 fully saturated rings. The fourth-order valence-electron chi connectivity index (χ4n) is 1.90. The van der Waals surface area contributed by atoms with Crippen LogP contribution in [0.2, 0.25) is 0 Å². The molecule has 0 bridgehead atoms. The summed E-state index contributed by atoms with van der Waals surface area (Å²) >= 11 is 0. The molecule has 0 aliphatic heterocycles. The average molecular weight is 238 g/mol. The molecule has 1 aromatic heterocycles. The molecule has 0 unspecified atom stereocenters. The summed E-state index contributed by atoms with van der Waals surface area (Å²) in [5.41, 5.74) is 0.981. The van der Waals surface area contributed by atoms with E-state index in [9.17, 15) is 0 Å². The van der Waals surface area contributed by atoms with Gasteiger partial charge in [-0.05, 0) is 31.7 Å². The molecule has 1 saturated carbocycles. The van der Waals surface area contributed by atoms with E-state index in [4.69, 9.17) is 5.11 Å². The lowest BCUT2D eigenvalue weighted by Crippen LogP contribution is -2.15. The molecule has 17 heavy (non-hydrogen) atoms.